The molecule has 5 heteroatoms. The van der Waals surface area contributed by atoms with Crippen molar-refractivity contribution in [3.05, 3.63) is 0 Å². The molecule has 2 heterocycles. The van der Waals surface area contributed by atoms with Crippen LogP contribution in [0.15, 0.2) is 0 Å². The Labute approximate surface area is 88.0 Å². The molecule has 0 saturated carbocycles. The van der Waals surface area contributed by atoms with E-state index in [1.807, 2.05) is 0 Å². The summed E-state index contributed by atoms with van der Waals surface area (Å²) in [6, 6.07) is 0.0929. The second-order valence-corrected chi connectivity index (χ2v) is 4.90. The van der Waals surface area contributed by atoms with Crippen molar-refractivity contribution in [3.8, 4) is 0 Å². The number of alkyl halides is 3. The van der Waals surface area contributed by atoms with Crippen LogP contribution in [0.4, 0.5) is 13.2 Å². The van der Waals surface area contributed by atoms with E-state index in [4.69, 9.17) is 0 Å². The van der Waals surface area contributed by atoms with Crippen LogP contribution < -0.4 is 0 Å². The molecule has 0 aromatic heterocycles. The highest BCUT2D eigenvalue weighted by molar-refractivity contribution is 5.03. The SMILES string of the molecule is CN1CC(N2CCC2)C[C@@]1(C)C(F)(F)F. The smallest absolute Gasteiger partial charge is 0.299 e. The molecule has 0 bridgehead atoms. The molecule has 15 heavy (non-hydrogen) atoms. The van der Waals surface area contributed by atoms with E-state index in [9.17, 15) is 13.2 Å². The molecule has 2 aliphatic heterocycles. The maximum Gasteiger partial charge on any atom is 0.406 e. The number of hydrogen-bond acceptors (Lipinski definition) is 2. The second kappa shape index (κ2) is 3.35. The van der Waals surface area contributed by atoms with Gasteiger partial charge in [0.05, 0.1) is 0 Å². The lowest BCUT2D eigenvalue weighted by atomic mass is 9.95. The molecule has 0 N–H and O–H groups in total. The van der Waals surface area contributed by atoms with E-state index in [2.05, 4.69) is 4.90 Å². The lowest BCUT2D eigenvalue weighted by molar-refractivity contribution is -0.213. The highest BCUT2D eigenvalue weighted by Gasteiger charge is 2.59. The van der Waals surface area contributed by atoms with Crippen LogP contribution in [0.2, 0.25) is 0 Å². The van der Waals surface area contributed by atoms with Gasteiger partial charge >= 0.3 is 6.18 Å². The Kier molecular flexibility index (Phi) is 2.50. The number of likely N-dealkylation sites (N-methyl/N-ethyl adjacent to an activating group) is 1. The van der Waals surface area contributed by atoms with Gasteiger partial charge in [-0.25, -0.2) is 0 Å². The lowest BCUT2D eigenvalue weighted by Gasteiger charge is -2.37. The van der Waals surface area contributed by atoms with Crippen LogP contribution >= 0.6 is 0 Å². The van der Waals surface area contributed by atoms with Gasteiger partial charge in [0.25, 0.3) is 0 Å². The Balaban J connectivity index is 2.09. The molecule has 2 aliphatic rings. The van der Waals surface area contributed by atoms with Gasteiger partial charge in [0.2, 0.25) is 0 Å². The zero-order valence-electron chi connectivity index (χ0n) is 9.14. The molecule has 0 aromatic rings. The summed E-state index contributed by atoms with van der Waals surface area (Å²) in [5.41, 5.74) is -1.63. The van der Waals surface area contributed by atoms with Gasteiger partial charge in [-0.3, -0.25) is 9.80 Å². The standard InChI is InChI=1S/C10H17F3N2/c1-9(10(11,12)13)6-8(7-14(9)2)15-4-3-5-15/h8H,3-7H2,1-2H3/t8?,9-/m0/s1. The minimum absolute atomic E-state index is 0.0929. The monoisotopic (exact) mass is 222 g/mol. The fourth-order valence-electron chi connectivity index (χ4n) is 2.48. The predicted molar refractivity (Wildman–Crippen MR) is 51.7 cm³/mol. The molecule has 88 valence electrons. The second-order valence-electron chi connectivity index (χ2n) is 4.90. The van der Waals surface area contributed by atoms with Crippen molar-refractivity contribution in [2.75, 3.05) is 26.7 Å². The summed E-state index contributed by atoms with van der Waals surface area (Å²) >= 11 is 0. The molecule has 2 atom stereocenters. The van der Waals surface area contributed by atoms with Crippen LogP contribution in [0.5, 0.6) is 0 Å². The molecule has 2 fully saturated rings. The van der Waals surface area contributed by atoms with Crippen molar-refractivity contribution in [1.82, 2.24) is 9.80 Å². The zero-order valence-corrected chi connectivity index (χ0v) is 9.14. The van der Waals surface area contributed by atoms with Crippen molar-refractivity contribution < 1.29 is 13.2 Å². The third kappa shape index (κ3) is 1.65. The van der Waals surface area contributed by atoms with E-state index < -0.39 is 11.7 Å². The summed E-state index contributed by atoms with van der Waals surface area (Å²) in [4.78, 5) is 3.61. The van der Waals surface area contributed by atoms with Crippen molar-refractivity contribution >= 4 is 0 Å². The molecule has 0 spiro atoms. The van der Waals surface area contributed by atoms with E-state index in [0.29, 0.717) is 6.54 Å². The molecule has 0 radical (unpaired) electrons. The summed E-state index contributed by atoms with van der Waals surface area (Å²) in [5, 5.41) is 0. The van der Waals surface area contributed by atoms with Gasteiger partial charge in [0.15, 0.2) is 0 Å². The molecule has 2 saturated heterocycles. The molecule has 1 unspecified atom stereocenters. The van der Waals surface area contributed by atoms with Crippen molar-refractivity contribution in [2.24, 2.45) is 0 Å². The first-order valence-corrected chi connectivity index (χ1v) is 5.36. The Hall–Kier alpha value is -0.290. The Morgan fingerprint density at radius 1 is 1.27 bits per heavy atom. The Bertz CT molecular complexity index is 250. The van der Waals surface area contributed by atoms with Crippen LogP contribution in [0, 0.1) is 0 Å². The highest BCUT2D eigenvalue weighted by atomic mass is 19.4. The highest BCUT2D eigenvalue weighted by Crippen LogP contribution is 2.43. The van der Waals surface area contributed by atoms with Crippen LogP contribution in [0.1, 0.15) is 19.8 Å². The summed E-state index contributed by atoms with van der Waals surface area (Å²) < 4.78 is 38.7. The van der Waals surface area contributed by atoms with Gasteiger partial charge in [0, 0.05) is 12.6 Å². The summed E-state index contributed by atoms with van der Waals surface area (Å²) in [6.07, 6.45) is -2.78. The average Bonchev–Trinajstić information content (AvgIpc) is 2.23. The summed E-state index contributed by atoms with van der Waals surface area (Å²) in [6.45, 7) is 3.78. The Morgan fingerprint density at radius 2 is 1.87 bits per heavy atom. The largest absolute Gasteiger partial charge is 0.406 e. The average molecular weight is 222 g/mol. The first-order valence-electron chi connectivity index (χ1n) is 5.36. The van der Waals surface area contributed by atoms with Crippen LogP contribution in [0.3, 0.4) is 0 Å². The third-order valence-corrected chi connectivity index (χ3v) is 3.98. The summed E-state index contributed by atoms with van der Waals surface area (Å²) in [5.74, 6) is 0. The van der Waals surface area contributed by atoms with Crippen LogP contribution in [0.25, 0.3) is 0 Å². The molecule has 0 amide bonds. The maximum absolute atomic E-state index is 12.9. The van der Waals surface area contributed by atoms with Gasteiger partial charge in [-0.2, -0.15) is 13.2 Å². The number of nitrogens with zero attached hydrogens (tertiary/aromatic N) is 2. The molecular weight excluding hydrogens is 205 g/mol. The van der Waals surface area contributed by atoms with Crippen molar-refractivity contribution in [3.63, 3.8) is 0 Å². The van der Waals surface area contributed by atoms with Gasteiger partial charge in [-0.1, -0.05) is 0 Å². The quantitative estimate of drug-likeness (QED) is 0.666. The maximum atomic E-state index is 12.9. The van der Waals surface area contributed by atoms with Gasteiger partial charge in [-0.15, -0.1) is 0 Å². The van der Waals surface area contributed by atoms with Crippen molar-refractivity contribution in [1.29, 1.82) is 0 Å². The van der Waals surface area contributed by atoms with Crippen molar-refractivity contribution in [2.45, 2.75) is 37.5 Å². The van der Waals surface area contributed by atoms with Crippen LogP contribution in [-0.4, -0.2) is 54.2 Å². The van der Waals surface area contributed by atoms with Gasteiger partial charge in [0.1, 0.15) is 5.54 Å². The minimum Gasteiger partial charge on any atom is -0.299 e. The predicted octanol–water partition coefficient (Wildman–Crippen LogP) is 1.72. The molecule has 2 rings (SSSR count). The van der Waals surface area contributed by atoms with E-state index >= 15 is 0 Å². The molecule has 0 aromatic carbocycles. The first-order chi connectivity index (χ1) is 6.84. The Morgan fingerprint density at radius 3 is 2.20 bits per heavy atom. The fraction of sp³-hybridized carbons (Fsp3) is 1.00. The minimum atomic E-state index is -4.12. The van der Waals surface area contributed by atoms with Gasteiger partial charge < -0.3 is 0 Å². The lowest BCUT2D eigenvalue weighted by Crippen LogP contribution is -2.51. The number of halogens is 3. The fourth-order valence-corrected chi connectivity index (χ4v) is 2.48. The number of hydrogen-bond donors (Lipinski definition) is 0. The molecule has 2 nitrogen and oxygen atoms in total. The first kappa shape index (κ1) is 11.2. The van der Waals surface area contributed by atoms with Gasteiger partial charge in [-0.05, 0) is 39.9 Å². The van der Waals surface area contributed by atoms with Crippen LogP contribution in [-0.2, 0) is 0 Å². The zero-order chi connectivity index (χ0) is 11.3. The van der Waals surface area contributed by atoms with E-state index in [1.54, 1.807) is 7.05 Å². The molecule has 0 aliphatic carbocycles. The van der Waals surface area contributed by atoms with E-state index in [0.717, 1.165) is 19.5 Å². The number of likely N-dealkylation sites (tertiary alicyclic amines) is 2. The summed E-state index contributed by atoms with van der Waals surface area (Å²) in [7, 11) is 1.58. The van der Waals surface area contributed by atoms with E-state index in [1.165, 1.54) is 11.8 Å². The van der Waals surface area contributed by atoms with E-state index in [-0.39, 0.29) is 12.5 Å². The normalized spacial score (nSPS) is 39.4. The topological polar surface area (TPSA) is 6.48 Å². The third-order valence-electron chi connectivity index (χ3n) is 3.98. The number of rotatable bonds is 1. The molecular formula is C10H17F3N2.